The number of carbonyl (C=O) groups is 1. The Bertz CT molecular complexity index is 384. The monoisotopic (exact) mass is 258 g/mol. The summed E-state index contributed by atoms with van der Waals surface area (Å²) in [6, 6.07) is 5.38. The SMILES string of the molecule is O=C1CCOCC1Cc1c(Cl)cccc1Cl. The van der Waals surface area contributed by atoms with E-state index in [0.29, 0.717) is 36.1 Å². The molecule has 0 amide bonds. The van der Waals surface area contributed by atoms with Gasteiger partial charge in [0.25, 0.3) is 0 Å². The lowest BCUT2D eigenvalue weighted by Gasteiger charge is -2.21. The van der Waals surface area contributed by atoms with Gasteiger partial charge in [-0.15, -0.1) is 0 Å². The van der Waals surface area contributed by atoms with E-state index >= 15 is 0 Å². The molecule has 0 aromatic heterocycles. The van der Waals surface area contributed by atoms with E-state index in [9.17, 15) is 4.79 Å². The molecule has 1 atom stereocenters. The molecule has 1 aliphatic rings. The summed E-state index contributed by atoms with van der Waals surface area (Å²) >= 11 is 12.1. The first-order valence-electron chi connectivity index (χ1n) is 5.22. The van der Waals surface area contributed by atoms with Crippen molar-refractivity contribution in [1.82, 2.24) is 0 Å². The summed E-state index contributed by atoms with van der Waals surface area (Å²) in [5.41, 5.74) is 0.842. The van der Waals surface area contributed by atoms with Crippen molar-refractivity contribution in [2.75, 3.05) is 13.2 Å². The molecule has 16 heavy (non-hydrogen) atoms. The van der Waals surface area contributed by atoms with Crippen LogP contribution in [0.3, 0.4) is 0 Å². The average molecular weight is 259 g/mol. The number of rotatable bonds is 2. The number of benzene rings is 1. The van der Waals surface area contributed by atoms with Gasteiger partial charge < -0.3 is 4.74 Å². The molecule has 0 radical (unpaired) electrons. The van der Waals surface area contributed by atoms with Crippen molar-refractivity contribution in [1.29, 1.82) is 0 Å². The van der Waals surface area contributed by atoms with E-state index < -0.39 is 0 Å². The molecular weight excluding hydrogens is 247 g/mol. The van der Waals surface area contributed by atoms with Crippen molar-refractivity contribution in [3.05, 3.63) is 33.8 Å². The van der Waals surface area contributed by atoms with E-state index in [-0.39, 0.29) is 11.7 Å². The van der Waals surface area contributed by atoms with Gasteiger partial charge in [0.05, 0.1) is 13.2 Å². The van der Waals surface area contributed by atoms with Crippen molar-refractivity contribution in [2.45, 2.75) is 12.8 Å². The first kappa shape index (κ1) is 11.9. The van der Waals surface area contributed by atoms with Crippen LogP contribution in [0, 0.1) is 5.92 Å². The summed E-state index contributed by atoms with van der Waals surface area (Å²) in [6.07, 6.45) is 1.06. The van der Waals surface area contributed by atoms with Crippen LogP contribution in [0.5, 0.6) is 0 Å². The van der Waals surface area contributed by atoms with Gasteiger partial charge in [-0.2, -0.15) is 0 Å². The second-order valence-electron chi connectivity index (χ2n) is 3.89. The Morgan fingerprint density at radius 3 is 2.62 bits per heavy atom. The fraction of sp³-hybridized carbons (Fsp3) is 0.417. The maximum absolute atomic E-state index is 11.7. The summed E-state index contributed by atoms with van der Waals surface area (Å²) in [4.78, 5) is 11.7. The highest BCUT2D eigenvalue weighted by molar-refractivity contribution is 6.36. The Labute approximate surface area is 104 Å². The van der Waals surface area contributed by atoms with Gasteiger partial charge in [-0.25, -0.2) is 0 Å². The minimum Gasteiger partial charge on any atom is -0.380 e. The first-order chi connectivity index (χ1) is 7.68. The van der Waals surface area contributed by atoms with Crippen molar-refractivity contribution in [2.24, 2.45) is 5.92 Å². The van der Waals surface area contributed by atoms with Crippen molar-refractivity contribution in [3.8, 4) is 0 Å². The molecule has 1 aliphatic heterocycles. The molecule has 1 unspecified atom stereocenters. The largest absolute Gasteiger partial charge is 0.380 e. The summed E-state index contributed by atoms with van der Waals surface area (Å²) < 4.78 is 5.30. The number of hydrogen-bond acceptors (Lipinski definition) is 2. The maximum Gasteiger partial charge on any atom is 0.140 e. The summed E-state index contributed by atoms with van der Waals surface area (Å²) in [6.45, 7) is 1.01. The molecule has 0 aliphatic carbocycles. The molecule has 1 aromatic rings. The number of halogens is 2. The molecule has 1 heterocycles. The predicted molar refractivity (Wildman–Crippen MR) is 64.1 cm³/mol. The molecule has 0 N–H and O–H groups in total. The van der Waals surface area contributed by atoms with Crippen LogP contribution in [0.2, 0.25) is 10.0 Å². The van der Waals surface area contributed by atoms with Gasteiger partial charge in [-0.1, -0.05) is 29.3 Å². The third kappa shape index (κ3) is 2.57. The molecular formula is C12H12Cl2O2. The fourth-order valence-electron chi connectivity index (χ4n) is 1.84. The molecule has 0 spiro atoms. The van der Waals surface area contributed by atoms with Crippen LogP contribution in [-0.2, 0) is 16.0 Å². The van der Waals surface area contributed by atoms with Gasteiger partial charge >= 0.3 is 0 Å². The van der Waals surface area contributed by atoms with Crippen LogP contribution in [0.25, 0.3) is 0 Å². The van der Waals surface area contributed by atoms with E-state index in [1.165, 1.54) is 0 Å². The smallest absolute Gasteiger partial charge is 0.140 e. The quantitative estimate of drug-likeness (QED) is 0.815. The van der Waals surface area contributed by atoms with Gasteiger partial charge in [-0.05, 0) is 24.1 Å². The normalized spacial score (nSPS) is 21.1. The van der Waals surface area contributed by atoms with Gasteiger partial charge in [0.1, 0.15) is 5.78 Å². The second-order valence-corrected chi connectivity index (χ2v) is 4.71. The highest BCUT2D eigenvalue weighted by Gasteiger charge is 2.24. The highest BCUT2D eigenvalue weighted by Crippen LogP contribution is 2.28. The zero-order chi connectivity index (χ0) is 11.5. The lowest BCUT2D eigenvalue weighted by molar-refractivity contribution is -0.130. The zero-order valence-corrected chi connectivity index (χ0v) is 10.2. The van der Waals surface area contributed by atoms with Crippen molar-refractivity contribution in [3.63, 3.8) is 0 Å². The van der Waals surface area contributed by atoms with E-state index in [0.717, 1.165) is 5.56 Å². The molecule has 1 aromatic carbocycles. The predicted octanol–water partition coefficient (Wildman–Crippen LogP) is 3.14. The van der Waals surface area contributed by atoms with Gasteiger partial charge in [0.15, 0.2) is 0 Å². The minimum atomic E-state index is -0.105. The molecule has 2 nitrogen and oxygen atoms in total. The Balaban J connectivity index is 2.16. The van der Waals surface area contributed by atoms with Gasteiger partial charge in [-0.3, -0.25) is 4.79 Å². The Hall–Kier alpha value is -0.570. The maximum atomic E-state index is 11.7. The lowest BCUT2D eigenvalue weighted by atomic mass is 9.93. The molecule has 2 rings (SSSR count). The number of ether oxygens (including phenoxy) is 1. The van der Waals surface area contributed by atoms with Crippen LogP contribution in [0.1, 0.15) is 12.0 Å². The van der Waals surface area contributed by atoms with Crippen LogP contribution in [0.15, 0.2) is 18.2 Å². The van der Waals surface area contributed by atoms with E-state index in [1.54, 1.807) is 18.2 Å². The summed E-state index contributed by atoms with van der Waals surface area (Å²) in [5, 5.41) is 1.23. The molecule has 4 heteroatoms. The molecule has 0 bridgehead atoms. The van der Waals surface area contributed by atoms with Crippen LogP contribution >= 0.6 is 23.2 Å². The number of hydrogen-bond donors (Lipinski definition) is 0. The third-order valence-electron chi connectivity index (χ3n) is 2.78. The summed E-state index contributed by atoms with van der Waals surface area (Å²) in [5.74, 6) is 0.133. The Morgan fingerprint density at radius 2 is 2.00 bits per heavy atom. The third-order valence-corrected chi connectivity index (χ3v) is 3.49. The highest BCUT2D eigenvalue weighted by atomic mass is 35.5. The molecule has 1 saturated heterocycles. The first-order valence-corrected chi connectivity index (χ1v) is 5.97. The van der Waals surface area contributed by atoms with E-state index in [4.69, 9.17) is 27.9 Å². The lowest BCUT2D eigenvalue weighted by Crippen LogP contribution is -2.29. The number of carbonyl (C=O) groups excluding carboxylic acids is 1. The summed E-state index contributed by atoms with van der Waals surface area (Å²) in [7, 11) is 0. The topological polar surface area (TPSA) is 26.3 Å². The van der Waals surface area contributed by atoms with E-state index in [1.807, 2.05) is 0 Å². The minimum absolute atomic E-state index is 0.105. The molecule has 86 valence electrons. The van der Waals surface area contributed by atoms with Crippen LogP contribution < -0.4 is 0 Å². The van der Waals surface area contributed by atoms with E-state index in [2.05, 4.69) is 0 Å². The number of Topliss-reactive ketones (excluding diaryl/α,β-unsaturated/α-hetero) is 1. The molecule has 0 saturated carbocycles. The average Bonchev–Trinajstić information content (AvgIpc) is 2.26. The van der Waals surface area contributed by atoms with Crippen LogP contribution in [0.4, 0.5) is 0 Å². The second kappa shape index (κ2) is 5.17. The van der Waals surface area contributed by atoms with Crippen molar-refractivity contribution >= 4 is 29.0 Å². The standard InChI is InChI=1S/C12H12Cl2O2/c13-10-2-1-3-11(14)9(10)6-8-7-16-5-4-12(8)15/h1-3,8H,4-7H2. The van der Waals surface area contributed by atoms with Crippen LogP contribution in [-0.4, -0.2) is 19.0 Å². The Morgan fingerprint density at radius 1 is 1.31 bits per heavy atom. The van der Waals surface area contributed by atoms with Crippen molar-refractivity contribution < 1.29 is 9.53 Å². The molecule has 1 fully saturated rings. The number of ketones is 1. The Kier molecular flexibility index (Phi) is 3.85. The fourth-order valence-corrected chi connectivity index (χ4v) is 2.39. The van der Waals surface area contributed by atoms with Gasteiger partial charge in [0, 0.05) is 22.4 Å². The van der Waals surface area contributed by atoms with Gasteiger partial charge in [0.2, 0.25) is 0 Å². The zero-order valence-electron chi connectivity index (χ0n) is 8.71.